The highest BCUT2D eigenvalue weighted by Gasteiger charge is 2.05. The molecule has 0 atom stereocenters. The lowest BCUT2D eigenvalue weighted by Crippen LogP contribution is -2.17. The van der Waals surface area contributed by atoms with Crippen LogP contribution in [0.2, 0.25) is 0 Å². The van der Waals surface area contributed by atoms with Crippen LogP contribution in [0.25, 0.3) is 0 Å². The van der Waals surface area contributed by atoms with Crippen LogP contribution in [0.4, 0.5) is 11.4 Å². The molecule has 0 aliphatic carbocycles. The van der Waals surface area contributed by atoms with Gasteiger partial charge in [-0.1, -0.05) is 34.6 Å². The largest absolute Gasteiger partial charge is 0.357 e. The Kier molecular flexibility index (Phi) is 9.25. The van der Waals surface area contributed by atoms with Crippen molar-refractivity contribution in [3.63, 3.8) is 0 Å². The summed E-state index contributed by atoms with van der Waals surface area (Å²) in [5, 5.41) is 29.3. The zero-order valence-electron chi connectivity index (χ0n) is 21.5. The van der Waals surface area contributed by atoms with Crippen molar-refractivity contribution >= 4 is 23.8 Å². The van der Waals surface area contributed by atoms with Gasteiger partial charge in [-0.05, 0) is 77.8 Å². The molecule has 0 heterocycles. The maximum Gasteiger partial charge on any atom is 0.269 e. The molecule has 202 valence electrons. The van der Waals surface area contributed by atoms with Gasteiger partial charge in [0.15, 0.2) is 11.5 Å². The van der Waals surface area contributed by atoms with Crippen molar-refractivity contribution in [3.05, 3.63) is 140 Å². The lowest BCUT2D eigenvalue weighted by molar-refractivity contribution is -0.385. The average Bonchev–Trinajstić information content (AvgIpc) is 2.95. The molecule has 11 heteroatoms. The first-order chi connectivity index (χ1) is 19.4. The van der Waals surface area contributed by atoms with Crippen LogP contribution in [0, 0.1) is 20.2 Å². The van der Waals surface area contributed by atoms with Gasteiger partial charge in [-0.3, -0.25) is 25.1 Å². The normalized spacial score (nSPS) is 11.2. The first-order valence-electron chi connectivity index (χ1n) is 12.1. The Morgan fingerprint density at radius 2 is 0.975 bits per heavy atom. The van der Waals surface area contributed by atoms with Gasteiger partial charge in [0.25, 0.3) is 11.4 Å². The van der Waals surface area contributed by atoms with Gasteiger partial charge < -0.3 is 9.68 Å². The van der Waals surface area contributed by atoms with Crippen LogP contribution in [-0.2, 0) is 13.1 Å². The Morgan fingerprint density at radius 3 is 1.30 bits per heavy atom. The van der Waals surface area contributed by atoms with Crippen molar-refractivity contribution < 1.29 is 19.5 Å². The number of non-ortho nitro benzene ring substituents is 2. The summed E-state index contributed by atoms with van der Waals surface area (Å²) >= 11 is 0. The second-order valence-electron chi connectivity index (χ2n) is 8.81. The van der Waals surface area contributed by atoms with Gasteiger partial charge in [0, 0.05) is 37.4 Å². The van der Waals surface area contributed by atoms with Crippen LogP contribution in [0.3, 0.4) is 0 Å². The van der Waals surface area contributed by atoms with E-state index in [1.165, 1.54) is 36.7 Å². The first kappa shape index (κ1) is 27.6. The van der Waals surface area contributed by atoms with E-state index in [1.807, 2.05) is 55.6 Å². The highest BCUT2D eigenvalue weighted by Crippen LogP contribution is 2.17. The van der Waals surface area contributed by atoms with E-state index in [0.29, 0.717) is 22.6 Å². The van der Waals surface area contributed by atoms with Gasteiger partial charge >= 0.3 is 0 Å². The van der Waals surface area contributed by atoms with E-state index in [1.54, 1.807) is 24.3 Å². The van der Waals surface area contributed by atoms with Crippen LogP contribution < -0.4 is 9.68 Å². The molecule has 0 saturated carbocycles. The number of nitro benzene ring substituents is 2. The zero-order chi connectivity index (χ0) is 28.3. The summed E-state index contributed by atoms with van der Waals surface area (Å²) in [5.41, 5.74) is 3.64. The number of hydrogen-bond donors (Lipinski definition) is 0. The lowest BCUT2D eigenvalue weighted by atomic mass is 10.1. The number of rotatable bonds is 12. The number of nitrogens with zero attached hydrogens (tertiary/aromatic N) is 5. The van der Waals surface area contributed by atoms with E-state index in [9.17, 15) is 20.2 Å². The topological polar surface area (TPSA) is 133 Å². The Labute approximate surface area is 229 Å². The van der Waals surface area contributed by atoms with E-state index in [2.05, 4.69) is 15.2 Å². The van der Waals surface area contributed by atoms with Gasteiger partial charge in [0.2, 0.25) is 0 Å². The molecule has 0 bridgehead atoms. The molecule has 0 unspecified atom stereocenters. The molecule has 0 fully saturated rings. The zero-order valence-corrected chi connectivity index (χ0v) is 21.5. The maximum absolute atomic E-state index is 10.7. The maximum atomic E-state index is 10.7. The van der Waals surface area contributed by atoms with Gasteiger partial charge in [-0.2, -0.15) is 0 Å². The fourth-order valence-corrected chi connectivity index (χ4v) is 3.65. The molecule has 0 saturated heterocycles. The van der Waals surface area contributed by atoms with Crippen LogP contribution >= 0.6 is 0 Å². The van der Waals surface area contributed by atoms with Crippen molar-refractivity contribution in [1.82, 2.24) is 4.90 Å². The predicted octanol–water partition coefficient (Wildman–Crippen LogP) is 5.96. The van der Waals surface area contributed by atoms with Crippen LogP contribution in [-0.4, -0.2) is 34.2 Å². The average molecular weight is 540 g/mol. The summed E-state index contributed by atoms with van der Waals surface area (Å²) in [5.74, 6) is 1.16. The van der Waals surface area contributed by atoms with Gasteiger partial charge in [-0.25, -0.2) is 0 Å². The monoisotopic (exact) mass is 539 g/mol. The summed E-state index contributed by atoms with van der Waals surface area (Å²) < 4.78 is 0. The number of benzene rings is 4. The standard InChI is InChI=1S/C29H25N5O6/c1-32(20-24-6-14-28(15-7-24)39-30-18-22-2-10-26(11-3-22)33(35)36)21-25-8-16-29(17-9-25)40-31-19-23-4-12-27(13-5-23)34(37)38/h2-19H,20-21H2,1H3/b30-18+,31-19+. The minimum absolute atomic E-state index is 0.0214. The summed E-state index contributed by atoms with van der Waals surface area (Å²) in [7, 11) is 2.03. The SMILES string of the molecule is CN(Cc1ccc(O/N=C/c2ccc([N+](=O)[O-])cc2)cc1)Cc1ccc(O/N=C/c2ccc([N+](=O)[O-])cc2)cc1. The van der Waals surface area contributed by atoms with E-state index in [4.69, 9.17) is 9.68 Å². The molecule has 4 aromatic carbocycles. The number of hydrogen-bond acceptors (Lipinski definition) is 9. The Morgan fingerprint density at radius 1 is 0.625 bits per heavy atom. The Bertz CT molecular complexity index is 1370. The second-order valence-corrected chi connectivity index (χ2v) is 8.81. The Balaban J connectivity index is 1.21. The molecular weight excluding hydrogens is 514 g/mol. The van der Waals surface area contributed by atoms with Crippen LogP contribution in [0.1, 0.15) is 22.3 Å². The molecule has 0 aromatic heterocycles. The van der Waals surface area contributed by atoms with Gasteiger partial charge in [-0.15, -0.1) is 0 Å². The number of oxime groups is 2. The summed E-state index contributed by atoms with van der Waals surface area (Å²) in [6, 6.07) is 27.2. The first-order valence-corrected chi connectivity index (χ1v) is 12.1. The molecule has 0 amide bonds. The minimum Gasteiger partial charge on any atom is -0.357 e. The van der Waals surface area contributed by atoms with Gasteiger partial charge in [0.05, 0.1) is 22.3 Å². The summed E-state index contributed by atoms with van der Waals surface area (Å²) in [4.78, 5) is 33.5. The highest BCUT2D eigenvalue weighted by atomic mass is 16.6. The minimum atomic E-state index is -0.451. The molecule has 0 N–H and O–H groups in total. The van der Waals surface area contributed by atoms with Crippen molar-refractivity contribution in [2.24, 2.45) is 10.3 Å². The molecule has 0 spiro atoms. The highest BCUT2D eigenvalue weighted by molar-refractivity contribution is 5.80. The molecule has 0 radical (unpaired) electrons. The molecule has 11 nitrogen and oxygen atoms in total. The molecule has 40 heavy (non-hydrogen) atoms. The fourth-order valence-electron chi connectivity index (χ4n) is 3.65. The smallest absolute Gasteiger partial charge is 0.269 e. The molecule has 0 aliphatic heterocycles. The van der Waals surface area contributed by atoms with Crippen LogP contribution in [0.15, 0.2) is 107 Å². The molecule has 0 aliphatic rings. The van der Waals surface area contributed by atoms with E-state index >= 15 is 0 Å². The molecular formula is C29H25N5O6. The second kappa shape index (κ2) is 13.4. The van der Waals surface area contributed by atoms with E-state index < -0.39 is 9.85 Å². The summed E-state index contributed by atoms with van der Waals surface area (Å²) in [6.07, 6.45) is 2.99. The molecule has 4 aromatic rings. The van der Waals surface area contributed by atoms with Crippen molar-refractivity contribution in [1.29, 1.82) is 0 Å². The van der Waals surface area contributed by atoms with Crippen LogP contribution in [0.5, 0.6) is 11.5 Å². The third kappa shape index (κ3) is 8.30. The van der Waals surface area contributed by atoms with Gasteiger partial charge in [0.1, 0.15) is 0 Å². The third-order valence-corrected chi connectivity index (χ3v) is 5.68. The predicted molar refractivity (Wildman–Crippen MR) is 151 cm³/mol. The van der Waals surface area contributed by atoms with E-state index in [-0.39, 0.29) is 11.4 Å². The summed E-state index contributed by atoms with van der Waals surface area (Å²) in [6.45, 7) is 1.45. The van der Waals surface area contributed by atoms with Crippen molar-refractivity contribution in [3.8, 4) is 11.5 Å². The van der Waals surface area contributed by atoms with Crippen molar-refractivity contribution in [2.75, 3.05) is 7.05 Å². The lowest BCUT2D eigenvalue weighted by Gasteiger charge is -2.17. The fraction of sp³-hybridized carbons (Fsp3) is 0.103. The molecule has 4 rings (SSSR count). The third-order valence-electron chi connectivity index (χ3n) is 5.68. The quantitative estimate of drug-likeness (QED) is 0.123. The number of nitro groups is 2. The van der Waals surface area contributed by atoms with Crippen molar-refractivity contribution in [2.45, 2.75) is 13.1 Å². The Hall–Kier alpha value is -5.42. The van der Waals surface area contributed by atoms with E-state index in [0.717, 1.165) is 24.2 Å².